The van der Waals surface area contributed by atoms with Crippen molar-refractivity contribution >= 4 is 12.4 Å². The monoisotopic (exact) mass is 434 g/mol. The third-order valence-electron chi connectivity index (χ3n) is 5.98. The molecule has 3 rings (SSSR count). The van der Waals surface area contributed by atoms with Crippen molar-refractivity contribution in [2.45, 2.75) is 78.3 Å². The number of phenols is 2. The number of benzene rings is 2. The molecule has 2 unspecified atom stereocenters. The van der Waals surface area contributed by atoms with Crippen LogP contribution in [0.25, 0.3) is 0 Å². The van der Waals surface area contributed by atoms with Crippen LogP contribution in [0, 0.1) is 11.8 Å². The Morgan fingerprint density at radius 2 is 1.16 bits per heavy atom. The number of nitrogens with zero attached hydrogens (tertiary/aromatic N) is 2. The summed E-state index contributed by atoms with van der Waals surface area (Å²) in [6, 6.07) is 11.8. The van der Waals surface area contributed by atoms with Crippen LogP contribution in [0.3, 0.4) is 0 Å². The first kappa shape index (κ1) is 24.0. The SMILES string of the molecule is CC(C)Cc1ccc(O)c(C=NC2CCCCC2N=Cc2cc(CC(C)C)ccc2O)c1. The number of hydrogen-bond acceptors (Lipinski definition) is 4. The van der Waals surface area contributed by atoms with Crippen LogP contribution in [0.15, 0.2) is 46.4 Å². The molecule has 4 heteroatoms. The van der Waals surface area contributed by atoms with E-state index in [1.165, 1.54) is 11.1 Å². The van der Waals surface area contributed by atoms with Crippen LogP contribution < -0.4 is 0 Å². The molecular weight excluding hydrogens is 396 g/mol. The van der Waals surface area contributed by atoms with E-state index in [0.29, 0.717) is 11.8 Å². The number of aromatic hydroxyl groups is 2. The molecule has 1 fully saturated rings. The smallest absolute Gasteiger partial charge is 0.124 e. The predicted octanol–water partition coefficient (Wildman–Crippen LogP) is 6.34. The number of hydrogen-bond donors (Lipinski definition) is 2. The van der Waals surface area contributed by atoms with Crippen molar-refractivity contribution in [2.24, 2.45) is 21.8 Å². The van der Waals surface area contributed by atoms with E-state index in [9.17, 15) is 10.2 Å². The van der Waals surface area contributed by atoms with Gasteiger partial charge in [0.15, 0.2) is 0 Å². The van der Waals surface area contributed by atoms with Crippen molar-refractivity contribution in [3.05, 3.63) is 58.7 Å². The van der Waals surface area contributed by atoms with Crippen LogP contribution in [-0.2, 0) is 12.8 Å². The second-order valence-corrected chi connectivity index (χ2v) is 9.96. The second kappa shape index (κ2) is 11.3. The minimum Gasteiger partial charge on any atom is -0.507 e. The molecule has 0 bridgehead atoms. The molecule has 172 valence electrons. The van der Waals surface area contributed by atoms with Crippen molar-refractivity contribution in [3.8, 4) is 11.5 Å². The van der Waals surface area contributed by atoms with Gasteiger partial charge in [-0.1, -0.05) is 52.7 Å². The predicted molar refractivity (Wildman–Crippen MR) is 135 cm³/mol. The number of rotatable bonds is 8. The average molecular weight is 435 g/mol. The van der Waals surface area contributed by atoms with E-state index in [2.05, 4.69) is 27.7 Å². The fourth-order valence-electron chi connectivity index (χ4n) is 4.40. The Bertz CT molecular complexity index is 869. The van der Waals surface area contributed by atoms with Gasteiger partial charge in [-0.25, -0.2) is 0 Å². The van der Waals surface area contributed by atoms with Gasteiger partial charge in [0.1, 0.15) is 11.5 Å². The van der Waals surface area contributed by atoms with Crippen LogP contribution in [0.4, 0.5) is 0 Å². The van der Waals surface area contributed by atoms with Crippen LogP contribution in [0.2, 0.25) is 0 Å². The van der Waals surface area contributed by atoms with Crippen molar-refractivity contribution in [1.29, 1.82) is 0 Å². The van der Waals surface area contributed by atoms with Crippen molar-refractivity contribution in [2.75, 3.05) is 0 Å². The van der Waals surface area contributed by atoms with Crippen molar-refractivity contribution in [3.63, 3.8) is 0 Å². The Hall–Kier alpha value is -2.62. The standard InChI is InChI=1S/C28H38N2O2/c1-19(2)13-21-9-11-27(31)23(15-21)17-29-25-7-5-6-8-26(25)30-18-24-16-22(14-20(3)4)10-12-28(24)32/h9-12,15-20,25-26,31-32H,5-8,13-14H2,1-4H3. The molecule has 0 spiro atoms. The van der Waals surface area contributed by atoms with Gasteiger partial charge in [0.2, 0.25) is 0 Å². The van der Waals surface area contributed by atoms with E-state index in [4.69, 9.17) is 9.98 Å². The first-order chi connectivity index (χ1) is 15.3. The molecule has 2 N–H and O–H groups in total. The van der Waals surface area contributed by atoms with Crippen molar-refractivity contribution in [1.82, 2.24) is 0 Å². The third kappa shape index (κ3) is 6.94. The summed E-state index contributed by atoms with van der Waals surface area (Å²) in [4.78, 5) is 9.69. The Kier molecular flexibility index (Phi) is 8.49. The summed E-state index contributed by atoms with van der Waals surface area (Å²) in [5, 5.41) is 20.6. The molecule has 0 aliphatic heterocycles. The van der Waals surface area contributed by atoms with E-state index < -0.39 is 0 Å². The molecular formula is C28H38N2O2. The Morgan fingerprint density at radius 1 is 0.750 bits per heavy atom. The van der Waals surface area contributed by atoms with Crippen LogP contribution in [0.5, 0.6) is 11.5 Å². The van der Waals surface area contributed by atoms with E-state index in [-0.39, 0.29) is 23.6 Å². The normalized spacial score (nSPS) is 19.6. The third-order valence-corrected chi connectivity index (χ3v) is 5.98. The van der Waals surface area contributed by atoms with Gasteiger partial charge >= 0.3 is 0 Å². The fraction of sp³-hybridized carbons (Fsp3) is 0.500. The van der Waals surface area contributed by atoms with E-state index >= 15 is 0 Å². The van der Waals surface area contributed by atoms with E-state index in [1.54, 1.807) is 12.1 Å². The van der Waals surface area contributed by atoms with Crippen molar-refractivity contribution < 1.29 is 10.2 Å². The lowest BCUT2D eigenvalue weighted by Crippen LogP contribution is -2.27. The summed E-state index contributed by atoms with van der Waals surface area (Å²) in [7, 11) is 0. The largest absolute Gasteiger partial charge is 0.507 e. The molecule has 2 aromatic rings. The topological polar surface area (TPSA) is 65.2 Å². The maximum Gasteiger partial charge on any atom is 0.124 e. The molecule has 4 nitrogen and oxygen atoms in total. The lowest BCUT2D eigenvalue weighted by Gasteiger charge is -2.25. The van der Waals surface area contributed by atoms with Gasteiger partial charge in [0.25, 0.3) is 0 Å². The molecule has 0 aromatic heterocycles. The van der Waals surface area contributed by atoms with Gasteiger partial charge in [-0.15, -0.1) is 0 Å². The molecule has 2 aromatic carbocycles. The Labute approximate surface area is 193 Å². The molecule has 2 atom stereocenters. The molecule has 32 heavy (non-hydrogen) atoms. The molecule has 0 amide bonds. The summed E-state index contributed by atoms with van der Waals surface area (Å²) >= 11 is 0. The lowest BCUT2D eigenvalue weighted by molar-refractivity contribution is 0.390. The highest BCUT2D eigenvalue weighted by atomic mass is 16.3. The van der Waals surface area contributed by atoms with Gasteiger partial charge in [-0.05, 0) is 72.9 Å². The van der Waals surface area contributed by atoms with Crippen LogP contribution in [-0.4, -0.2) is 34.7 Å². The maximum absolute atomic E-state index is 10.3. The zero-order chi connectivity index (χ0) is 23.1. The van der Waals surface area contributed by atoms with Gasteiger partial charge < -0.3 is 10.2 Å². The lowest BCUT2D eigenvalue weighted by atomic mass is 9.91. The highest BCUT2D eigenvalue weighted by Gasteiger charge is 2.23. The first-order valence-electron chi connectivity index (χ1n) is 12.0. The molecule has 0 heterocycles. The molecule has 0 radical (unpaired) electrons. The summed E-state index contributed by atoms with van der Waals surface area (Å²) in [5.41, 5.74) is 3.98. The van der Waals surface area contributed by atoms with Gasteiger partial charge in [0, 0.05) is 23.6 Å². The zero-order valence-corrected chi connectivity index (χ0v) is 20.0. The zero-order valence-electron chi connectivity index (χ0n) is 20.0. The molecule has 1 aliphatic rings. The minimum absolute atomic E-state index is 0.0918. The summed E-state index contributed by atoms with van der Waals surface area (Å²) < 4.78 is 0. The Morgan fingerprint density at radius 3 is 1.53 bits per heavy atom. The fourth-order valence-corrected chi connectivity index (χ4v) is 4.40. The highest BCUT2D eigenvalue weighted by Crippen LogP contribution is 2.26. The van der Waals surface area contributed by atoms with Crippen LogP contribution >= 0.6 is 0 Å². The molecule has 0 saturated heterocycles. The van der Waals surface area contributed by atoms with Gasteiger partial charge in [-0.2, -0.15) is 0 Å². The second-order valence-electron chi connectivity index (χ2n) is 9.96. The highest BCUT2D eigenvalue weighted by molar-refractivity contribution is 5.84. The molecule has 1 aliphatic carbocycles. The minimum atomic E-state index is 0.0918. The van der Waals surface area contributed by atoms with E-state index in [1.807, 2.05) is 36.7 Å². The first-order valence-corrected chi connectivity index (χ1v) is 12.0. The quantitative estimate of drug-likeness (QED) is 0.476. The number of phenolic OH excluding ortho intramolecular Hbond substituents is 2. The Balaban J connectivity index is 1.76. The maximum atomic E-state index is 10.3. The summed E-state index contributed by atoms with van der Waals surface area (Å²) in [6.07, 6.45) is 9.87. The average Bonchev–Trinajstić information content (AvgIpc) is 2.74. The van der Waals surface area contributed by atoms with Gasteiger partial charge in [-0.3, -0.25) is 9.98 Å². The number of aliphatic imine (C=N–C) groups is 2. The molecule has 1 saturated carbocycles. The van der Waals surface area contributed by atoms with E-state index in [0.717, 1.165) is 49.7 Å². The van der Waals surface area contributed by atoms with Gasteiger partial charge in [0.05, 0.1) is 12.1 Å². The summed E-state index contributed by atoms with van der Waals surface area (Å²) in [5.74, 6) is 1.67. The summed E-state index contributed by atoms with van der Waals surface area (Å²) in [6.45, 7) is 8.78. The van der Waals surface area contributed by atoms with Crippen LogP contribution in [0.1, 0.15) is 75.6 Å².